The lowest BCUT2D eigenvalue weighted by Crippen LogP contribution is -2.49. The van der Waals surface area contributed by atoms with Gasteiger partial charge >= 0.3 is 18.0 Å². The van der Waals surface area contributed by atoms with Gasteiger partial charge in [-0.1, -0.05) is 48.5 Å². The SMILES string of the molecule is CC(=O)OCC1=N[C@H](NC(=O)OCc2ccccc2)C(=O)N(CC(=O)O)c2c(C)cccc21. The van der Waals surface area contributed by atoms with Gasteiger partial charge in [0.05, 0.1) is 11.4 Å². The average molecular weight is 453 g/mol. The van der Waals surface area contributed by atoms with Crippen molar-refractivity contribution in [2.24, 2.45) is 4.99 Å². The molecule has 2 aromatic carbocycles. The number of nitrogens with one attached hydrogen (secondary N) is 1. The van der Waals surface area contributed by atoms with Gasteiger partial charge in [0, 0.05) is 12.5 Å². The number of hydrogen-bond acceptors (Lipinski definition) is 7. The van der Waals surface area contributed by atoms with E-state index in [9.17, 15) is 24.3 Å². The predicted octanol–water partition coefficient (Wildman–Crippen LogP) is 2.03. The van der Waals surface area contributed by atoms with Crippen LogP contribution in [0.5, 0.6) is 0 Å². The number of carbonyl (C=O) groups excluding carboxylic acids is 3. The van der Waals surface area contributed by atoms with Crippen LogP contribution in [0, 0.1) is 6.92 Å². The number of fused-ring (bicyclic) bond motifs is 1. The molecule has 2 aromatic rings. The largest absolute Gasteiger partial charge is 0.480 e. The maximum absolute atomic E-state index is 13.3. The Morgan fingerprint density at radius 3 is 2.45 bits per heavy atom. The molecule has 33 heavy (non-hydrogen) atoms. The molecule has 0 saturated carbocycles. The van der Waals surface area contributed by atoms with Gasteiger partial charge in [-0.05, 0) is 18.1 Å². The van der Waals surface area contributed by atoms with Crippen LogP contribution in [-0.2, 0) is 30.5 Å². The normalized spacial score (nSPS) is 15.1. The number of carboxylic acids is 1. The second-order valence-electron chi connectivity index (χ2n) is 7.25. The van der Waals surface area contributed by atoms with Crippen LogP contribution in [0.3, 0.4) is 0 Å². The van der Waals surface area contributed by atoms with Gasteiger partial charge in [-0.25, -0.2) is 4.79 Å². The van der Waals surface area contributed by atoms with Crippen molar-refractivity contribution >= 4 is 35.3 Å². The second-order valence-corrected chi connectivity index (χ2v) is 7.25. The number of amides is 2. The zero-order valence-electron chi connectivity index (χ0n) is 18.1. The molecule has 0 saturated heterocycles. The summed E-state index contributed by atoms with van der Waals surface area (Å²) in [5, 5.41) is 11.8. The Morgan fingerprint density at radius 2 is 1.79 bits per heavy atom. The number of esters is 1. The van der Waals surface area contributed by atoms with E-state index in [1.54, 1.807) is 49.4 Å². The fourth-order valence-electron chi connectivity index (χ4n) is 3.34. The standard InChI is InChI=1S/C23H23N3O7/c1-14-7-6-10-17-18(13-32-15(2)27)24-21(22(30)26(20(14)17)11-19(28)29)25-23(31)33-12-16-8-4-3-5-9-16/h3-10,21H,11-13H2,1-2H3,(H,25,31)(H,28,29)/t21-/m1/s1. The number of benzene rings is 2. The Kier molecular flexibility index (Phi) is 7.39. The van der Waals surface area contributed by atoms with Crippen LogP contribution < -0.4 is 10.2 Å². The highest BCUT2D eigenvalue weighted by Gasteiger charge is 2.35. The summed E-state index contributed by atoms with van der Waals surface area (Å²) in [4.78, 5) is 53.9. The van der Waals surface area contributed by atoms with Gasteiger partial charge in [-0.15, -0.1) is 0 Å². The lowest BCUT2D eigenvalue weighted by atomic mass is 10.0. The Bertz CT molecular complexity index is 1100. The number of carbonyl (C=O) groups is 4. The van der Waals surface area contributed by atoms with E-state index in [1.165, 1.54) is 6.92 Å². The summed E-state index contributed by atoms with van der Waals surface area (Å²) in [6, 6.07) is 14.0. The van der Waals surface area contributed by atoms with E-state index in [1.807, 2.05) is 6.07 Å². The van der Waals surface area contributed by atoms with Crippen LogP contribution in [-0.4, -0.2) is 54.1 Å². The summed E-state index contributed by atoms with van der Waals surface area (Å²) >= 11 is 0. The molecule has 1 atom stereocenters. The monoisotopic (exact) mass is 453 g/mol. The molecule has 2 amide bonds. The van der Waals surface area contributed by atoms with Gasteiger partial charge in [0.15, 0.2) is 0 Å². The predicted molar refractivity (Wildman–Crippen MR) is 118 cm³/mol. The van der Waals surface area contributed by atoms with Crippen molar-refractivity contribution in [3.05, 3.63) is 65.2 Å². The number of rotatable bonds is 7. The topological polar surface area (TPSA) is 135 Å². The Balaban J connectivity index is 1.93. The van der Waals surface area contributed by atoms with E-state index in [2.05, 4.69) is 10.3 Å². The molecule has 1 aliphatic rings. The fraction of sp³-hybridized carbons (Fsp3) is 0.261. The highest BCUT2D eigenvalue weighted by Crippen LogP contribution is 2.29. The third-order valence-electron chi connectivity index (χ3n) is 4.78. The first-order chi connectivity index (χ1) is 15.8. The minimum atomic E-state index is -1.48. The second kappa shape index (κ2) is 10.4. The van der Waals surface area contributed by atoms with Crippen molar-refractivity contribution < 1.29 is 33.8 Å². The molecular weight excluding hydrogens is 430 g/mol. The number of aliphatic carboxylic acids is 1. The number of alkyl carbamates (subject to hydrolysis) is 1. The van der Waals surface area contributed by atoms with Crippen molar-refractivity contribution in [1.82, 2.24) is 5.32 Å². The number of nitrogens with zero attached hydrogens (tertiary/aromatic N) is 2. The van der Waals surface area contributed by atoms with Crippen LogP contribution in [0.15, 0.2) is 53.5 Å². The molecule has 1 aliphatic heterocycles. The molecule has 0 fully saturated rings. The first kappa shape index (κ1) is 23.5. The van der Waals surface area contributed by atoms with Crippen molar-refractivity contribution in [1.29, 1.82) is 0 Å². The molecule has 0 aromatic heterocycles. The van der Waals surface area contributed by atoms with E-state index in [-0.39, 0.29) is 18.9 Å². The number of ether oxygens (including phenoxy) is 2. The number of anilines is 1. The van der Waals surface area contributed by atoms with E-state index >= 15 is 0 Å². The smallest absolute Gasteiger partial charge is 0.409 e. The molecule has 1 heterocycles. The number of hydrogen-bond donors (Lipinski definition) is 2. The van der Waals surface area contributed by atoms with Crippen LogP contribution in [0.1, 0.15) is 23.6 Å². The number of benzodiazepines with no additional fused rings is 1. The third-order valence-corrected chi connectivity index (χ3v) is 4.78. The minimum Gasteiger partial charge on any atom is -0.480 e. The molecule has 0 unspecified atom stereocenters. The Morgan fingerprint density at radius 1 is 1.06 bits per heavy atom. The molecule has 0 aliphatic carbocycles. The van der Waals surface area contributed by atoms with Crippen molar-refractivity contribution in [2.75, 3.05) is 18.1 Å². The molecule has 0 spiro atoms. The summed E-state index contributed by atoms with van der Waals surface area (Å²) in [6.07, 6.45) is -2.39. The van der Waals surface area contributed by atoms with E-state index < -0.39 is 36.6 Å². The first-order valence-electron chi connectivity index (χ1n) is 10.1. The molecule has 172 valence electrons. The maximum atomic E-state index is 13.3. The first-order valence-corrected chi connectivity index (χ1v) is 10.1. The molecule has 0 radical (unpaired) electrons. The lowest BCUT2D eigenvalue weighted by Gasteiger charge is -2.25. The van der Waals surface area contributed by atoms with Gasteiger partial charge in [-0.2, -0.15) is 0 Å². The molecule has 2 N–H and O–H groups in total. The summed E-state index contributed by atoms with van der Waals surface area (Å²) in [7, 11) is 0. The van der Waals surface area contributed by atoms with E-state index in [0.29, 0.717) is 16.8 Å². The highest BCUT2D eigenvalue weighted by atomic mass is 16.5. The number of aliphatic imine (C=N–C) groups is 1. The molecular formula is C23H23N3O7. The summed E-state index contributed by atoms with van der Waals surface area (Å²) in [6.45, 7) is 2.00. The Hall–Kier alpha value is -4.21. The van der Waals surface area contributed by atoms with Crippen molar-refractivity contribution in [3.8, 4) is 0 Å². The highest BCUT2D eigenvalue weighted by molar-refractivity contribution is 6.15. The van der Waals surface area contributed by atoms with E-state index in [0.717, 1.165) is 10.5 Å². The summed E-state index contributed by atoms with van der Waals surface area (Å²) < 4.78 is 10.3. The fourth-order valence-corrected chi connectivity index (χ4v) is 3.34. The minimum absolute atomic E-state index is 0.0320. The van der Waals surface area contributed by atoms with Crippen molar-refractivity contribution in [2.45, 2.75) is 26.6 Å². The summed E-state index contributed by atoms with van der Waals surface area (Å²) in [5.74, 6) is -2.56. The van der Waals surface area contributed by atoms with Crippen LogP contribution in [0.2, 0.25) is 0 Å². The number of aryl methyl sites for hydroxylation is 1. The maximum Gasteiger partial charge on any atom is 0.409 e. The average Bonchev–Trinajstić information content (AvgIpc) is 2.88. The summed E-state index contributed by atoms with van der Waals surface area (Å²) in [5.41, 5.74) is 2.31. The number of para-hydroxylation sites is 1. The molecule has 0 bridgehead atoms. The van der Waals surface area contributed by atoms with Gasteiger partial charge in [-0.3, -0.25) is 29.6 Å². The van der Waals surface area contributed by atoms with Gasteiger partial charge in [0.25, 0.3) is 5.91 Å². The molecule has 3 rings (SSSR count). The van der Waals surface area contributed by atoms with Crippen molar-refractivity contribution in [3.63, 3.8) is 0 Å². The Labute approximate surface area is 189 Å². The van der Waals surface area contributed by atoms with Crippen LogP contribution >= 0.6 is 0 Å². The number of carboxylic acid groups (broad SMARTS) is 1. The third kappa shape index (κ3) is 5.94. The molecule has 10 heteroatoms. The zero-order valence-corrected chi connectivity index (χ0v) is 18.1. The quantitative estimate of drug-likeness (QED) is 0.613. The lowest BCUT2D eigenvalue weighted by molar-refractivity contribution is -0.139. The zero-order chi connectivity index (χ0) is 24.0. The van der Waals surface area contributed by atoms with Gasteiger partial charge in [0.2, 0.25) is 6.17 Å². The van der Waals surface area contributed by atoms with Crippen LogP contribution in [0.25, 0.3) is 0 Å². The van der Waals surface area contributed by atoms with Gasteiger partial charge in [0.1, 0.15) is 19.8 Å². The molecule has 10 nitrogen and oxygen atoms in total. The van der Waals surface area contributed by atoms with E-state index in [4.69, 9.17) is 9.47 Å². The van der Waals surface area contributed by atoms with Crippen LogP contribution in [0.4, 0.5) is 10.5 Å². The van der Waals surface area contributed by atoms with Gasteiger partial charge < -0.3 is 14.6 Å².